The van der Waals surface area contributed by atoms with Crippen molar-refractivity contribution in [2.24, 2.45) is 5.73 Å². The normalized spacial score (nSPS) is 19.3. The highest BCUT2D eigenvalue weighted by molar-refractivity contribution is 6.32. The van der Waals surface area contributed by atoms with Gasteiger partial charge in [0.2, 0.25) is 5.91 Å². The summed E-state index contributed by atoms with van der Waals surface area (Å²) in [6.45, 7) is 4.50. The van der Waals surface area contributed by atoms with E-state index in [2.05, 4.69) is 41.4 Å². The van der Waals surface area contributed by atoms with Gasteiger partial charge in [-0.05, 0) is 56.0 Å². The van der Waals surface area contributed by atoms with Crippen molar-refractivity contribution >= 4 is 34.9 Å². The quantitative estimate of drug-likeness (QED) is 0.670. The molecule has 176 valence electrons. The molecule has 0 spiro atoms. The number of aryl methyl sites for hydroxylation is 1. The molecule has 2 fully saturated rings. The van der Waals surface area contributed by atoms with Gasteiger partial charge in [-0.2, -0.15) is 0 Å². The van der Waals surface area contributed by atoms with E-state index in [-0.39, 0.29) is 12.0 Å². The van der Waals surface area contributed by atoms with E-state index in [1.165, 1.54) is 16.2 Å². The Hall–Kier alpha value is -2.93. The number of carbonyl (C=O) groups excluding carboxylic acids is 2. The fourth-order valence-corrected chi connectivity index (χ4v) is 4.91. The summed E-state index contributed by atoms with van der Waals surface area (Å²) in [5.74, 6) is 0.363. The number of ether oxygens (including phenoxy) is 1. The van der Waals surface area contributed by atoms with Crippen LogP contribution in [0.15, 0.2) is 42.5 Å². The van der Waals surface area contributed by atoms with E-state index < -0.39 is 12.1 Å². The maximum atomic E-state index is 12.7. The van der Waals surface area contributed by atoms with Crippen LogP contribution in [0.3, 0.4) is 0 Å². The molecule has 0 saturated carbocycles. The number of nitrogens with one attached hydrogen (secondary N) is 1. The fourth-order valence-electron chi connectivity index (χ4n) is 4.68. The summed E-state index contributed by atoms with van der Waals surface area (Å²) in [5.41, 5.74) is 8.57. The molecule has 0 aliphatic carbocycles. The Morgan fingerprint density at radius 2 is 1.82 bits per heavy atom. The molecule has 0 unspecified atom stereocenters. The van der Waals surface area contributed by atoms with E-state index in [4.69, 9.17) is 22.1 Å². The summed E-state index contributed by atoms with van der Waals surface area (Å²) in [7, 11) is 0. The van der Waals surface area contributed by atoms with Crippen molar-refractivity contribution in [1.82, 2.24) is 4.90 Å². The molecule has 1 atom stereocenters. The zero-order valence-electron chi connectivity index (χ0n) is 18.9. The highest BCUT2D eigenvalue weighted by atomic mass is 35.5. The molecular formula is C25H31ClN4O3. The molecule has 0 aromatic heterocycles. The van der Waals surface area contributed by atoms with E-state index in [0.717, 1.165) is 38.8 Å². The van der Waals surface area contributed by atoms with E-state index in [1.54, 1.807) is 18.2 Å². The summed E-state index contributed by atoms with van der Waals surface area (Å²) in [6.07, 6.45) is 4.26. The topological polar surface area (TPSA) is 87.9 Å². The molecule has 2 saturated heterocycles. The van der Waals surface area contributed by atoms with Gasteiger partial charge in [-0.15, -0.1) is 0 Å². The first-order valence-electron chi connectivity index (χ1n) is 11.6. The molecule has 33 heavy (non-hydrogen) atoms. The molecule has 8 heteroatoms. The number of anilines is 2. The van der Waals surface area contributed by atoms with Crippen molar-refractivity contribution in [3.05, 3.63) is 53.1 Å². The lowest BCUT2D eigenvalue weighted by molar-refractivity contribution is -0.121. The molecule has 3 N–H and O–H groups in total. The van der Waals surface area contributed by atoms with Crippen LogP contribution >= 0.6 is 11.6 Å². The van der Waals surface area contributed by atoms with Gasteiger partial charge < -0.3 is 25.6 Å². The third-order valence-corrected chi connectivity index (χ3v) is 6.78. The first kappa shape index (κ1) is 23.2. The second-order valence-electron chi connectivity index (χ2n) is 8.77. The summed E-state index contributed by atoms with van der Waals surface area (Å²) in [5, 5.41) is 3.31. The second kappa shape index (κ2) is 10.3. The summed E-state index contributed by atoms with van der Waals surface area (Å²) < 4.78 is 6.18. The van der Waals surface area contributed by atoms with Crippen LogP contribution in [0.5, 0.6) is 5.75 Å². The molecule has 0 bridgehead atoms. The van der Waals surface area contributed by atoms with Crippen molar-refractivity contribution in [3.8, 4) is 5.75 Å². The number of rotatable bonds is 5. The Morgan fingerprint density at radius 3 is 2.52 bits per heavy atom. The van der Waals surface area contributed by atoms with Gasteiger partial charge in [0.15, 0.2) is 0 Å². The Bertz CT molecular complexity index is 1010. The number of halogens is 1. The molecule has 4 rings (SSSR count). The van der Waals surface area contributed by atoms with Gasteiger partial charge in [-0.1, -0.05) is 29.8 Å². The Kier molecular flexibility index (Phi) is 7.28. The number of nitrogens with zero attached hydrogens (tertiary/aromatic N) is 2. The first-order chi connectivity index (χ1) is 15.9. The number of benzene rings is 2. The molecule has 0 radical (unpaired) electrons. The van der Waals surface area contributed by atoms with Crippen LogP contribution in [0.25, 0.3) is 0 Å². The summed E-state index contributed by atoms with van der Waals surface area (Å²) in [4.78, 5) is 28.2. The van der Waals surface area contributed by atoms with Crippen molar-refractivity contribution in [1.29, 1.82) is 0 Å². The monoisotopic (exact) mass is 470 g/mol. The molecule has 2 aliphatic rings. The number of hydrogen-bond donors (Lipinski definition) is 2. The zero-order chi connectivity index (χ0) is 23.4. The molecule has 2 aromatic rings. The van der Waals surface area contributed by atoms with Crippen molar-refractivity contribution < 1.29 is 14.3 Å². The van der Waals surface area contributed by atoms with Gasteiger partial charge in [0, 0.05) is 43.9 Å². The van der Waals surface area contributed by atoms with Crippen molar-refractivity contribution in [2.45, 2.75) is 51.2 Å². The fraction of sp³-hybridized carbons (Fsp3) is 0.440. The standard InChI is InChI=1S/C25H31ClN4O3/c1-17-6-2-3-7-21(17)29-14-11-19(12-15-29)33-23-10-9-18(16-20(23)26)28-24(31)22-8-4-5-13-30(22)25(27)32/h2-3,6-7,9-10,16,19,22H,4-5,8,11-15H2,1H3,(H2,27,32)(H,28,31)/t22-/m1/s1. The van der Waals surface area contributed by atoms with Crippen LogP contribution in [0.2, 0.25) is 5.02 Å². The van der Waals surface area contributed by atoms with E-state index in [0.29, 0.717) is 29.4 Å². The number of para-hydroxylation sites is 1. The number of nitrogens with two attached hydrogens (primary N) is 1. The lowest BCUT2D eigenvalue weighted by Crippen LogP contribution is -2.51. The second-order valence-corrected chi connectivity index (χ2v) is 9.18. The number of piperidine rings is 2. The van der Waals surface area contributed by atoms with Crippen LogP contribution in [-0.4, -0.2) is 48.6 Å². The minimum atomic E-state index is -0.565. The highest BCUT2D eigenvalue weighted by Gasteiger charge is 2.31. The van der Waals surface area contributed by atoms with Gasteiger partial charge in [-0.25, -0.2) is 4.79 Å². The Morgan fingerprint density at radius 1 is 1.06 bits per heavy atom. The zero-order valence-corrected chi connectivity index (χ0v) is 19.7. The smallest absolute Gasteiger partial charge is 0.315 e. The maximum absolute atomic E-state index is 12.7. The lowest BCUT2D eigenvalue weighted by atomic mass is 10.0. The van der Waals surface area contributed by atoms with Crippen molar-refractivity contribution in [3.63, 3.8) is 0 Å². The van der Waals surface area contributed by atoms with E-state index in [9.17, 15) is 9.59 Å². The van der Waals surface area contributed by atoms with E-state index >= 15 is 0 Å². The average molecular weight is 471 g/mol. The molecule has 2 heterocycles. The average Bonchev–Trinajstić information content (AvgIpc) is 2.81. The number of carbonyl (C=O) groups is 2. The SMILES string of the molecule is Cc1ccccc1N1CCC(Oc2ccc(NC(=O)[C@H]3CCCCN3C(N)=O)cc2Cl)CC1. The van der Waals surface area contributed by atoms with E-state index in [1.807, 2.05) is 0 Å². The number of amides is 3. The molecule has 7 nitrogen and oxygen atoms in total. The van der Waals surface area contributed by atoms with Gasteiger partial charge in [0.1, 0.15) is 17.9 Å². The van der Waals surface area contributed by atoms with Crippen LogP contribution in [0, 0.1) is 6.92 Å². The third kappa shape index (κ3) is 5.53. The van der Waals surface area contributed by atoms with Gasteiger partial charge in [0.05, 0.1) is 5.02 Å². The summed E-state index contributed by atoms with van der Waals surface area (Å²) in [6, 6.07) is 12.6. The number of hydrogen-bond acceptors (Lipinski definition) is 4. The molecule has 3 amide bonds. The first-order valence-corrected chi connectivity index (χ1v) is 11.9. The Balaban J connectivity index is 1.33. The van der Waals surface area contributed by atoms with Crippen LogP contribution in [-0.2, 0) is 4.79 Å². The van der Waals surface area contributed by atoms with Crippen LogP contribution in [0.1, 0.15) is 37.7 Å². The third-order valence-electron chi connectivity index (χ3n) is 6.48. The van der Waals surface area contributed by atoms with Gasteiger partial charge in [-0.3, -0.25) is 4.79 Å². The molecule has 2 aromatic carbocycles. The molecule has 2 aliphatic heterocycles. The van der Waals surface area contributed by atoms with Gasteiger partial charge >= 0.3 is 6.03 Å². The predicted molar refractivity (Wildman–Crippen MR) is 131 cm³/mol. The highest BCUT2D eigenvalue weighted by Crippen LogP contribution is 2.31. The van der Waals surface area contributed by atoms with Crippen molar-refractivity contribution in [2.75, 3.05) is 29.9 Å². The minimum Gasteiger partial charge on any atom is -0.489 e. The Labute approximate surface area is 199 Å². The number of urea groups is 1. The lowest BCUT2D eigenvalue weighted by Gasteiger charge is -2.34. The minimum absolute atomic E-state index is 0.0922. The number of likely N-dealkylation sites (tertiary alicyclic amines) is 1. The van der Waals surface area contributed by atoms with Gasteiger partial charge in [0.25, 0.3) is 0 Å². The molecular weight excluding hydrogens is 440 g/mol. The van der Waals surface area contributed by atoms with Crippen LogP contribution in [0.4, 0.5) is 16.2 Å². The summed E-state index contributed by atoms with van der Waals surface area (Å²) >= 11 is 6.47. The maximum Gasteiger partial charge on any atom is 0.315 e. The predicted octanol–water partition coefficient (Wildman–Crippen LogP) is 4.57. The van der Waals surface area contributed by atoms with Crippen LogP contribution < -0.4 is 20.7 Å². The number of primary amides is 1. The largest absolute Gasteiger partial charge is 0.489 e.